The van der Waals surface area contributed by atoms with E-state index < -0.39 is 0 Å². The van der Waals surface area contributed by atoms with Crippen LogP contribution in [-0.2, 0) is 0 Å². The van der Waals surface area contributed by atoms with E-state index in [-0.39, 0.29) is 5.78 Å². The van der Waals surface area contributed by atoms with Gasteiger partial charge in [0.15, 0.2) is 5.78 Å². The molecule has 156 valence electrons. The highest BCUT2D eigenvalue weighted by Crippen LogP contribution is 2.29. The van der Waals surface area contributed by atoms with Gasteiger partial charge < -0.3 is 5.32 Å². The average molecular weight is 521 g/mol. The van der Waals surface area contributed by atoms with Gasteiger partial charge in [-0.3, -0.25) is 4.79 Å². The van der Waals surface area contributed by atoms with Crippen LogP contribution in [-0.4, -0.2) is 10.8 Å². The molecule has 0 saturated heterocycles. The number of carbonyl (C=O) groups is 1. The van der Waals surface area contributed by atoms with Gasteiger partial charge in [-0.1, -0.05) is 70.0 Å². The van der Waals surface area contributed by atoms with Crippen molar-refractivity contribution in [3.05, 3.63) is 110 Å². The summed E-state index contributed by atoms with van der Waals surface area (Å²) in [6.45, 7) is 0. The number of carbonyl (C=O) groups excluding carboxylic acids is 1. The van der Waals surface area contributed by atoms with Crippen molar-refractivity contribution in [2.45, 2.75) is 0 Å². The topological polar surface area (TPSA) is 65.8 Å². The van der Waals surface area contributed by atoms with Crippen LogP contribution in [0.15, 0.2) is 88.8 Å². The number of nitriles is 1. The molecule has 0 atom stereocenters. The Hall–Kier alpha value is -3.24. The van der Waals surface area contributed by atoms with Crippen LogP contribution in [0.3, 0.4) is 0 Å². The van der Waals surface area contributed by atoms with Gasteiger partial charge in [-0.15, -0.1) is 11.3 Å². The summed E-state index contributed by atoms with van der Waals surface area (Å²) >= 11 is 11.0. The minimum absolute atomic E-state index is 0.159. The lowest BCUT2D eigenvalue weighted by molar-refractivity contribution is 0.103. The Labute approximate surface area is 203 Å². The summed E-state index contributed by atoms with van der Waals surface area (Å²) in [6, 6.07) is 24.0. The quantitative estimate of drug-likeness (QED) is 0.212. The third-order valence-corrected chi connectivity index (χ3v) is 6.21. The van der Waals surface area contributed by atoms with Crippen molar-refractivity contribution in [1.82, 2.24) is 4.98 Å². The molecule has 0 aliphatic heterocycles. The first-order valence-corrected chi connectivity index (χ1v) is 11.6. The van der Waals surface area contributed by atoms with Crippen molar-refractivity contribution in [2.24, 2.45) is 0 Å². The first-order chi connectivity index (χ1) is 15.5. The molecule has 4 rings (SSSR count). The molecule has 1 aromatic heterocycles. The molecule has 3 aromatic carbocycles. The largest absolute Gasteiger partial charge is 0.360 e. The summed E-state index contributed by atoms with van der Waals surface area (Å²) < 4.78 is 0.959. The molecular formula is C25H15BrClN3OS. The fraction of sp³-hybridized carbons (Fsp3) is 0. The Morgan fingerprint density at radius 3 is 2.66 bits per heavy atom. The molecule has 1 N–H and O–H groups in total. The van der Waals surface area contributed by atoms with E-state index in [4.69, 9.17) is 11.6 Å². The number of halogens is 2. The van der Waals surface area contributed by atoms with E-state index in [1.54, 1.807) is 36.5 Å². The Balaban J connectivity index is 1.63. The van der Waals surface area contributed by atoms with E-state index in [1.807, 2.05) is 47.8 Å². The Morgan fingerprint density at radius 1 is 1.09 bits per heavy atom. The van der Waals surface area contributed by atoms with E-state index in [0.29, 0.717) is 32.4 Å². The van der Waals surface area contributed by atoms with Gasteiger partial charge in [0.2, 0.25) is 0 Å². The van der Waals surface area contributed by atoms with Gasteiger partial charge in [-0.05, 0) is 30.3 Å². The zero-order valence-electron chi connectivity index (χ0n) is 16.5. The molecular weight excluding hydrogens is 506 g/mol. The summed E-state index contributed by atoms with van der Waals surface area (Å²) in [5, 5.41) is 15.7. The van der Waals surface area contributed by atoms with Gasteiger partial charge >= 0.3 is 0 Å². The third-order valence-electron chi connectivity index (χ3n) is 4.61. The van der Waals surface area contributed by atoms with Crippen LogP contribution in [0.4, 0.5) is 5.69 Å². The maximum Gasteiger partial charge on any atom is 0.195 e. The SMILES string of the molecule is N#C/C(=C\Nc1ccc(Cl)cc1C(=O)c1ccccc1)c1nc(-c2cccc(Br)c2)cs1. The van der Waals surface area contributed by atoms with Crippen molar-refractivity contribution in [3.8, 4) is 17.3 Å². The molecule has 1 heterocycles. The molecule has 0 radical (unpaired) electrons. The highest BCUT2D eigenvalue weighted by molar-refractivity contribution is 9.10. The molecule has 0 spiro atoms. The molecule has 4 nitrogen and oxygen atoms in total. The van der Waals surface area contributed by atoms with Gasteiger partial charge in [0.05, 0.1) is 5.69 Å². The number of nitrogens with zero attached hydrogens (tertiary/aromatic N) is 2. The van der Waals surface area contributed by atoms with Crippen molar-refractivity contribution in [2.75, 3.05) is 5.32 Å². The first-order valence-electron chi connectivity index (χ1n) is 9.53. The van der Waals surface area contributed by atoms with Gasteiger partial charge in [0, 0.05) is 43.5 Å². The minimum Gasteiger partial charge on any atom is -0.360 e. The van der Waals surface area contributed by atoms with Crippen LogP contribution in [0.1, 0.15) is 20.9 Å². The number of rotatable bonds is 6. The predicted octanol–water partition coefficient (Wildman–Crippen LogP) is 7.43. The molecule has 32 heavy (non-hydrogen) atoms. The van der Waals surface area contributed by atoms with E-state index in [2.05, 4.69) is 32.3 Å². The Kier molecular flexibility index (Phi) is 6.81. The number of ketones is 1. The Bertz CT molecular complexity index is 1360. The monoisotopic (exact) mass is 519 g/mol. The lowest BCUT2D eigenvalue weighted by Gasteiger charge is -2.10. The molecule has 0 bridgehead atoms. The molecule has 4 aromatic rings. The fourth-order valence-corrected chi connectivity index (χ4v) is 4.41. The molecule has 0 unspecified atom stereocenters. The van der Waals surface area contributed by atoms with Crippen LogP contribution in [0, 0.1) is 11.3 Å². The summed E-state index contributed by atoms with van der Waals surface area (Å²) in [4.78, 5) is 17.6. The van der Waals surface area contributed by atoms with E-state index in [0.717, 1.165) is 15.7 Å². The smallest absolute Gasteiger partial charge is 0.195 e. The summed E-state index contributed by atoms with van der Waals surface area (Å²) in [5.74, 6) is -0.159. The third kappa shape index (κ3) is 4.97. The van der Waals surface area contributed by atoms with Crippen LogP contribution in [0.2, 0.25) is 5.02 Å². The zero-order valence-corrected chi connectivity index (χ0v) is 19.7. The second kappa shape index (κ2) is 9.92. The van der Waals surface area contributed by atoms with E-state index in [9.17, 15) is 10.1 Å². The highest BCUT2D eigenvalue weighted by atomic mass is 79.9. The summed E-state index contributed by atoms with van der Waals surface area (Å²) in [7, 11) is 0. The molecule has 7 heteroatoms. The molecule has 0 amide bonds. The zero-order chi connectivity index (χ0) is 22.5. The number of aromatic nitrogens is 1. The Morgan fingerprint density at radius 2 is 1.91 bits per heavy atom. The van der Waals surface area contributed by atoms with Crippen LogP contribution in [0.5, 0.6) is 0 Å². The number of hydrogen-bond acceptors (Lipinski definition) is 5. The summed E-state index contributed by atoms with van der Waals surface area (Å²) in [6.07, 6.45) is 1.56. The van der Waals surface area contributed by atoms with Gasteiger partial charge in [-0.2, -0.15) is 5.26 Å². The molecule has 0 fully saturated rings. The number of benzene rings is 3. The first kappa shape index (κ1) is 22.0. The summed E-state index contributed by atoms with van der Waals surface area (Å²) in [5.41, 5.74) is 3.65. The molecule has 0 saturated carbocycles. The number of anilines is 1. The fourth-order valence-electron chi connectivity index (χ4n) is 3.04. The standard InChI is InChI=1S/C25H15BrClN3OS/c26-19-8-4-7-17(11-19)23-15-32-25(30-23)18(13-28)14-29-22-10-9-20(27)12-21(22)24(31)16-5-2-1-3-6-16/h1-12,14-15,29H/b18-14+. The van der Waals surface area contributed by atoms with Crippen molar-refractivity contribution in [1.29, 1.82) is 5.26 Å². The maximum absolute atomic E-state index is 13.0. The molecule has 0 aliphatic rings. The van der Waals surface area contributed by atoms with Crippen LogP contribution >= 0.6 is 38.9 Å². The molecule has 0 aliphatic carbocycles. The lowest BCUT2D eigenvalue weighted by Crippen LogP contribution is -2.05. The van der Waals surface area contributed by atoms with Crippen molar-refractivity contribution in [3.63, 3.8) is 0 Å². The van der Waals surface area contributed by atoms with E-state index >= 15 is 0 Å². The highest BCUT2D eigenvalue weighted by Gasteiger charge is 2.15. The number of allylic oxidation sites excluding steroid dienone is 1. The number of nitrogens with one attached hydrogen (secondary N) is 1. The second-order valence-corrected chi connectivity index (χ2v) is 8.96. The number of thiazole rings is 1. The average Bonchev–Trinajstić information content (AvgIpc) is 3.30. The van der Waals surface area contributed by atoms with Gasteiger partial charge in [0.25, 0.3) is 0 Å². The van der Waals surface area contributed by atoms with Crippen LogP contribution in [0.25, 0.3) is 16.8 Å². The lowest BCUT2D eigenvalue weighted by atomic mass is 10.0. The normalized spacial score (nSPS) is 11.1. The van der Waals surface area contributed by atoms with E-state index in [1.165, 1.54) is 11.3 Å². The number of hydrogen-bond donors (Lipinski definition) is 1. The van der Waals surface area contributed by atoms with Crippen molar-refractivity contribution < 1.29 is 4.79 Å². The predicted molar refractivity (Wildman–Crippen MR) is 134 cm³/mol. The minimum atomic E-state index is -0.159. The van der Waals surface area contributed by atoms with Gasteiger partial charge in [0.1, 0.15) is 16.6 Å². The van der Waals surface area contributed by atoms with Gasteiger partial charge in [-0.25, -0.2) is 4.98 Å². The second-order valence-electron chi connectivity index (χ2n) is 6.75. The van der Waals surface area contributed by atoms with Crippen LogP contribution < -0.4 is 5.32 Å². The maximum atomic E-state index is 13.0. The van der Waals surface area contributed by atoms with Crippen molar-refractivity contribution >= 4 is 55.9 Å².